The maximum absolute atomic E-state index is 11.8. The number of aryl methyl sites for hydroxylation is 1. The molecular formula is C17H19NO6. The molecule has 1 heterocycles. The van der Waals surface area contributed by atoms with Gasteiger partial charge in [0.2, 0.25) is 0 Å². The van der Waals surface area contributed by atoms with Gasteiger partial charge in [0.05, 0.1) is 0 Å². The molecule has 2 aromatic rings. The zero-order chi connectivity index (χ0) is 17.9. The number of nitrogens with one attached hydrogen (secondary N) is 1. The van der Waals surface area contributed by atoms with Crippen LogP contribution in [0.2, 0.25) is 0 Å². The first-order valence-electron chi connectivity index (χ1n) is 7.47. The topological polar surface area (TPSA) is 106 Å². The highest BCUT2D eigenvalue weighted by molar-refractivity contribution is 5.85. The molecule has 2 N–H and O–H groups in total. The first-order valence-corrected chi connectivity index (χ1v) is 7.47. The maximum Gasteiger partial charge on any atom is 0.336 e. The van der Waals surface area contributed by atoms with Gasteiger partial charge in [-0.15, -0.1) is 0 Å². The molecule has 1 atom stereocenters. The van der Waals surface area contributed by atoms with Crippen LogP contribution in [0, 0.1) is 12.8 Å². The summed E-state index contributed by atoms with van der Waals surface area (Å²) in [6, 6.07) is 5.33. The minimum atomic E-state index is -1.10. The van der Waals surface area contributed by atoms with E-state index >= 15 is 0 Å². The van der Waals surface area contributed by atoms with Crippen LogP contribution in [-0.2, 0) is 9.59 Å². The van der Waals surface area contributed by atoms with E-state index in [2.05, 4.69) is 5.32 Å². The van der Waals surface area contributed by atoms with Crippen LogP contribution >= 0.6 is 0 Å². The third-order valence-electron chi connectivity index (χ3n) is 3.54. The number of rotatable bonds is 6. The molecule has 1 amide bonds. The molecule has 0 aliphatic heterocycles. The number of amides is 1. The number of ether oxygens (including phenoxy) is 1. The number of carboxylic acid groups (broad SMARTS) is 1. The molecule has 0 aliphatic carbocycles. The van der Waals surface area contributed by atoms with Crippen molar-refractivity contribution >= 4 is 22.8 Å². The van der Waals surface area contributed by atoms with Crippen molar-refractivity contribution in [3.63, 3.8) is 0 Å². The normalized spacial score (nSPS) is 12.2. The minimum absolute atomic E-state index is 0.246. The third-order valence-corrected chi connectivity index (χ3v) is 3.54. The summed E-state index contributed by atoms with van der Waals surface area (Å²) in [5.74, 6) is -1.53. The fraction of sp³-hybridized carbons (Fsp3) is 0.353. The van der Waals surface area contributed by atoms with Crippen molar-refractivity contribution in [2.45, 2.75) is 26.8 Å². The van der Waals surface area contributed by atoms with Gasteiger partial charge in [0.25, 0.3) is 5.91 Å². The molecule has 0 unspecified atom stereocenters. The standard InChI is InChI=1S/C17H19NO6/c1-9(2)16(17(21)22)18-14(19)8-23-11-4-5-12-10(3)6-15(20)24-13(12)7-11/h4-7,9,16H,8H2,1-3H3,(H,18,19)(H,21,22)/t16-/m1/s1. The fourth-order valence-corrected chi connectivity index (χ4v) is 2.27. The van der Waals surface area contributed by atoms with E-state index in [-0.39, 0.29) is 12.5 Å². The maximum atomic E-state index is 11.8. The van der Waals surface area contributed by atoms with Crippen LogP contribution in [0.3, 0.4) is 0 Å². The number of benzene rings is 1. The molecule has 0 spiro atoms. The summed E-state index contributed by atoms with van der Waals surface area (Å²) in [6.45, 7) is 4.87. The first-order chi connectivity index (χ1) is 11.3. The average molecular weight is 333 g/mol. The van der Waals surface area contributed by atoms with Gasteiger partial charge in [-0.1, -0.05) is 13.8 Å². The molecule has 2 rings (SSSR count). The molecule has 24 heavy (non-hydrogen) atoms. The molecule has 0 bridgehead atoms. The largest absolute Gasteiger partial charge is 0.484 e. The van der Waals surface area contributed by atoms with Crippen molar-refractivity contribution < 1.29 is 23.8 Å². The van der Waals surface area contributed by atoms with Gasteiger partial charge in [-0.3, -0.25) is 4.79 Å². The van der Waals surface area contributed by atoms with Crippen LogP contribution in [0.15, 0.2) is 33.5 Å². The second-order valence-electron chi connectivity index (χ2n) is 5.82. The third kappa shape index (κ3) is 4.13. The SMILES string of the molecule is Cc1cc(=O)oc2cc(OCC(=O)N[C@@H](C(=O)O)C(C)C)ccc12. The molecule has 0 aliphatic rings. The quantitative estimate of drug-likeness (QED) is 0.780. The van der Waals surface area contributed by atoms with Crippen molar-refractivity contribution in [2.24, 2.45) is 5.92 Å². The van der Waals surface area contributed by atoms with Crippen LogP contribution in [0.4, 0.5) is 0 Å². The van der Waals surface area contributed by atoms with Gasteiger partial charge in [0, 0.05) is 17.5 Å². The van der Waals surface area contributed by atoms with Crippen LogP contribution in [0.5, 0.6) is 5.75 Å². The van der Waals surface area contributed by atoms with E-state index in [4.69, 9.17) is 14.3 Å². The van der Waals surface area contributed by atoms with Gasteiger partial charge in [-0.05, 0) is 30.5 Å². The van der Waals surface area contributed by atoms with Gasteiger partial charge in [0.1, 0.15) is 17.4 Å². The number of aliphatic carboxylic acids is 1. The Hall–Kier alpha value is -2.83. The summed E-state index contributed by atoms with van der Waals surface area (Å²) < 4.78 is 10.5. The van der Waals surface area contributed by atoms with Gasteiger partial charge < -0.3 is 19.6 Å². The minimum Gasteiger partial charge on any atom is -0.484 e. The highest BCUT2D eigenvalue weighted by Gasteiger charge is 2.23. The van der Waals surface area contributed by atoms with Crippen molar-refractivity contribution in [1.82, 2.24) is 5.32 Å². The summed E-state index contributed by atoms with van der Waals surface area (Å²) in [6.07, 6.45) is 0. The second-order valence-corrected chi connectivity index (χ2v) is 5.82. The Balaban J connectivity index is 2.06. The fourth-order valence-electron chi connectivity index (χ4n) is 2.27. The molecule has 7 nitrogen and oxygen atoms in total. The summed E-state index contributed by atoms with van der Waals surface area (Å²) in [7, 11) is 0. The predicted molar refractivity (Wildman–Crippen MR) is 87.1 cm³/mol. The summed E-state index contributed by atoms with van der Waals surface area (Å²) in [5.41, 5.74) is 0.686. The van der Waals surface area contributed by atoms with E-state index in [0.717, 1.165) is 10.9 Å². The van der Waals surface area contributed by atoms with Crippen LogP contribution in [-0.4, -0.2) is 29.6 Å². The first kappa shape index (κ1) is 17.5. The second kappa shape index (κ2) is 7.16. The monoisotopic (exact) mass is 333 g/mol. The Morgan fingerprint density at radius 3 is 2.62 bits per heavy atom. The zero-order valence-electron chi connectivity index (χ0n) is 13.7. The number of hydrogen-bond donors (Lipinski definition) is 2. The Labute approximate surface area is 138 Å². The Kier molecular flexibility index (Phi) is 5.23. The molecule has 1 aromatic heterocycles. The number of carbonyl (C=O) groups is 2. The van der Waals surface area contributed by atoms with E-state index in [1.165, 1.54) is 12.1 Å². The van der Waals surface area contributed by atoms with E-state index in [9.17, 15) is 14.4 Å². The highest BCUT2D eigenvalue weighted by atomic mass is 16.5. The predicted octanol–water partition coefficient (Wildman–Crippen LogP) is 1.71. The number of carboxylic acids is 1. The molecule has 128 valence electrons. The molecule has 7 heteroatoms. The molecular weight excluding hydrogens is 314 g/mol. The summed E-state index contributed by atoms with van der Waals surface area (Å²) in [5, 5.41) is 12.2. The number of hydrogen-bond acceptors (Lipinski definition) is 5. The van der Waals surface area contributed by atoms with E-state index < -0.39 is 23.5 Å². The molecule has 0 radical (unpaired) electrons. The lowest BCUT2D eigenvalue weighted by atomic mass is 10.1. The van der Waals surface area contributed by atoms with Gasteiger partial charge in [-0.25, -0.2) is 9.59 Å². The van der Waals surface area contributed by atoms with Crippen LogP contribution < -0.4 is 15.7 Å². The molecule has 0 saturated heterocycles. The van der Waals surface area contributed by atoms with Crippen molar-refractivity contribution in [2.75, 3.05) is 6.61 Å². The Bertz CT molecular complexity index is 823. The number of carbonyl (C=O) groups excluding carboxylic acids is 1. The number of fused-ring (bicyclic) bond motifs is 1. The average Bonchev–Trinajstić information content (AvgIpc) is 2.49. The lowest BCUT2D eigenvalue weighted by Crippen LogP contribution is -2.46. The summed E-state index contributed by atoms with van der Waals surface area (Å²) in [4.78, 5) is 34.3. The van der Waals surface area contributed by atoms with Gasteiger partial charge in [0.15, 0.2) is 6.61 Å². The summed E-state index contributed by atoms with van der Waals surface area (Å²) >= 11 is 0. The van der Waals surface area contributed by atoms with Crippen molar-refractivity contribution in [3.8, 4) is 5.75 Å². The smallest absolute Gasteiger partial charge is 0.336 e. The lowest BCUT2D eigenvalue weighted by Gasteiger charge is -2.18. The Morgan fingerprint density at radius 2 is 2.00 bits per heavy atom. The van der Waals surface area contributed by atoms with Gasteiger partial charge in [-0.2, -0.15) is 0 Å². The van der Waals surface area contributed by atoms with Crippen molar-refractivity contribution in [1.29, 1.82) is 0 Å². The van der Waals surface area contributed by atoms with E-state index in [0.29, 0.717) is 11.3 Å². The molecule has 0 saturated carbocycles. The lowest BCUT2D eigenvalue weighted by molar-refractivity contribution is -0.143. The van der Waals surface area contributed by atoms with Gasteiger partial charge >= 0.3 is 11.6 Å². The highest BCUT2D eigenvalue weighted by Crippen LogP contribution is 2.22. The molecule has 1 aromatic carbocycles. The van der Waals surface area contributed by atoms with Crippen molar-refractivity contribution in [3.05, 3.63) is 40.2 Å². The zero-order valence-corrected chi connectivity index (χ0v) is 13.7. The van der Waals surface area contributed by atoms with E-state index in [1.807, 2.05) is 0 Å². The van der Waals surface area contributed by atoms with E-state index in [1.54, 1.807) is 32.9 Å². The van der Waals surface area contributed by atoms with Crippen LogP contribution in [0.1, 0.15) is 19.4 Å². The van der Waals surface area contributed by atoms with Crippen LogP contribution in [0.25, 0.3) is 11.0 Å². The Morgan fingerprint density at radius 1 is 1.29 bits per heavy atom. The molecule has 0 fully saturated rings.